The van der Waals surface area contributed by atoms with Gasteiger partial charge >= 0.3 is 0 Å². The van der Waals surface area contributed by atoms with Crippen LogP contribution < -0.4 is 0 Å². The Morgan fingerprint density at radius 2 is 2.06 bits per heavy atom. The topological polar surface area (TPSA) is 17.1 Å². The van der Waals surface area contributed by atoms with Gasteiger partial charge in [0, 0.05) is 11.8 Å². The van der Waals surface area contributed by atoms with Crippen molar-refractivity contribution in [3.05, 3.63) is 36.0 Å². The fraction of sp³-hybridized carbons (Fsp3) is 0.562. The maximum absolute atomic E-state index is 11.3. The van der Waals surface area contributed by atoms with Crippen molar-refractivity contribution in [3.8, 4) is 0 Å². The number of allylic oxidation sites excluding steroid dienone is 4. The molecule has 0 spiro atoms. The van der Waals surface area contributed by atoms with Crippen molar-refractivity contribution in [2.45, 2.75) is 52.9 Å². The van der Waals surface area contributed by atoms with Crippen LogP contribution in [0.5, 0.6) is 0 Å². The molecular weight excluding hydrogens is 208 g/mol. The Kier molecular flexibility index (Phi) is 4.50. The van der Waals surface area contributed by atoms with Gasteiger partial charge in [0.05, 0.1) is 0 Å². The molecule has 1 rings (SSSR count). The molecule has 1 heteroatoms. The summed E-state index contributed by atoms with van der Waals surface area (Å²) >= 11 is 0. The Morgan fingerprint density at radius 1 is 1.41 bits per heavy atom. The summed E-state index contributed by atoms with van der Waals surface area (Å²) in [4.78, 5) is 11.3. The highest BCUT2D eigenvalue weighted by atomic mass is 16.1. The van der Waals surface area contributed by atoms with E-state index in [-0.39, 0.29) is 11.2 Å². The van der Waals surface area contributed by atoms with Gasteiger partial charge in [-0.3, -0.25) is 4.79 Å². The smallest absolute Gasteiger partial charge is 0.155 e. The molecule has 1 unspecified atom stereocenters. The fourth-order valence-electron chi connectivity index (χ4n) is 2.65. The molecule has 0 saturated heterocycles. The molecule has 0 amide bonds. The lowest BCUT2D eigenvalue weighted by molar-refractivity contribution is -0.114. The number of ketones is 1. The summed E-state index contributed by atoms with van der Waals surface area (Å²) in [5.41, 5.74) is 4.25. The minimum absolute atomic E-state index is 0.101. The van der Waals surface area contributed by atoms with E-state index >= 15 is 0 Å². The summed E-state index contributed by atoms with van der Waals surface area (Å²) in [7, 11) is 0. The summed E-state index contributed by atoms with van der Waals surface area (Å²) in [5, 5.41) is 0. The van der Waals surface area contributed by atoms with E-state index in [0.717, 1.165) is 12.8 Å². The predicted octanol–water partition coefficient (Wildman–Crippen LogP) is 4.60. The number of carbonyl (C=O) groups excluding carboxylic acids is 1. The lowest BCUT2D eigenvalue weighted by Gasteiger charge is -2.38. The lowest BCUT2D eigenvalue weighted by atomic mass is 9.67. The first kappa shape index (κ1) is 14.0. The summed E-state index contributed by atoms with van der Waals surface area (Å²) in [6.07, 6.45) is 6.34. The molecule has 0 radical (unpaired) electrons. The molecule has 17 heavy (non-hydrogen) atoms. The molecule has 0 bridgehead atoms. The average Bonchev–Trinajstić information content (AvgIpc) is 2.32. The number of hydrogen-bond donors (Lipinski definition) is 0. The van der Waals surface area contributed by atoms with Crippen LogP contribution >= 0.6 is 0 Å². The molecule has 0 aliphatic heterocycles. The standard InChI is InChI=1S/C16H24O/c1-6-15(17)10-9-13(3)16(5)11-7-8-12(2)14(16)4/h6H,1,3,7-11H2,2,4-5H3. The van der Waals surface area contributed by atoms with Crippen LogP contribution in [0.15, 0.2) is 36.0 Å². The summed E-state index contributed by atoms with van der Waals surface area (Å²) in [5.74, 6) is 0.115. The van der Waals surface area contributed by atoms with E-state index in [0.29, 0.717) is 6.42 Å². The predicted molar refractivity (Wildman–Crippen MR) is 73.9 cm³/mol. The minimum atomic E-state index is 0.101. The van der Waals surface area contributed by atoms with Gasteiger partial charge in [-0.15, -0.1) is 0 Å². The van der Waals surface area contributed by atoms with E-state index in [1.54, 1.807) is 0 Å². The Hall–Kier alpha value is -1.11. The van der Waals surface area contributed by atoms with Gasteiger partial charge in [-0.25, -0.2) is 0 Å². The van der Waals surface area contributed by atoms with Crippen LogP contribution in [0.25, 0.3) is 0 Å². The zero-order valence-corrected chi connectivity index (χ0v) is 11.4. The van der Waals surface area contributed by atoms with Crippen molar-refractivity contribution < 1.29 is 4.79 Å². The molecule has 0 aromatic heterocycles. The van der Waals surface area contributed by atoms with Gasteiger partial charge < -0.3 is 0 Å². The Morgan fingerprint density at radius 3 is 2.65 bits per heavy atom. The third kappa shape index (κ3) is 2.96. The van der Waals surface area contributed by atoms with Gasteiger partial charge in [-0.05, 0) is 45.6 Å². The summed E-state index contributed by atoms with van der Waals surface area (Å²) < 4.78 is 0. The van der Waals surface area contributed by atoms with Gasteiger partial charge in [0.2, 0.25) is 0 Å². The highest BCUT2D eigenvalue weighted by molar-refractivity contribution is 5.89. The molecule has 1 nitrogen and oxygen atoms in total. The van der Waals surface area contributed by atoms with Gasteiger partial charge in [-0.2, -0.15) is 0 Å². The third-order valence-electron chi connectivity index (χ3n) is 4.38. The summed E-state index contributed by atoms with van der Waals surface area (Å²) in [6, 6.07) is 0. The Balaban J connectivity index is 2.77. The largest absolute Gasteiger partial charge is 0.295 e. The Bertz CT molecular complexity index is 373. The maximum atomic E-state index is 11.3. The first-order valence-electron chi connectivity index (χ1n) is 6.42. The van der Waals surface area contributed by atoms with Crippen molar-refractivity contribution in [1.82, 2.24) is 0 Å². The number of hydrogen-bond acceptors (Lipinski definition) is 1. The van der Waals surface area contributed by atoms with Crippen LogP contribution in [0.1, 0.15) is 52.9 Å². The van der Waals surface area contributed by atoms with Crippen LogP contribution in [0.4, 0.5) is 0 Å². The molecule has 1 aliphatic rings. The zero-order chi connectivity index (χ0) is 13.1. The van der Waals surface area contributed by atoms with Crippen LogP contribution in [0, 0.1) is 5.41 Å². The van der Waals surface area contributed by atoms with Crippen LogP contribution in [-0.4, -0.2) is 5.78 Å². The molecule has 94 valence electrons. The normalized spacial score (nSPS) is 24.6. The average molecular weight is 232 g/mol. The first-order chi connectivity index (χ1) is 7.91. The van der Waals surface area contributed by atoms with Crippen LogP contribution in [0.2, 0.25) is 0 Å². The zero-order valence-electron chi connectivity index (χ0n) is 11.4. The van der Waals surface area contributed by atoms with Crippen molar-refractivity contribution >= 4 is 5.78 Å². The second kappa shape index (κ2) is 5.48. The molecule has 1 atom stereocenters. The Labute approximate surface area is 105 Å². The molecule has 0 fully saturated rings. The first-order valence-corrected chi connectivity index (χ1v) is 6.42. The lowest BCUT2D eigenvalue weighted by Crippen LogP contribution is -2.25. The van der Waals surface area contributed by atoms with Crippen molar-refractivity contribution in [2.24, 2.45) is 5.41 Å². The molecule has 0 aromatic rings. The second-order valence-corrected chi connectivity index (χ2v) is 5.36. The van der Waals surface area contributed by atoms with Crippen molar-refractivity contribution in [3.63, 3.8) is 0 Å². The molecule has 0 N–H and O–H groups in total. The van der Waals surface area contributed by atoms with Gasteiger partial charge in [0.15, 0.2) is 5.78 Å². The van der Waals surface area contributed by atoms with E-state index < -0.39 is 0 Å². The highest BCUT2D eigenvalue weighted by Gasteiger charge is 2.32. The monoisotopic (exact) mass is 232 g/mol. The molecule has 0 heterocycles. The quantitative estimate of drug-likeness (QED) is 0.500. The van der Waals surface area contributed by atoms with Crippen LogP contribution in [0.3, 0.4) is 0 Å². The molecule has 0 saturated carbocycles. The molecule has 1 aliphatic carbocycles. The number of rotatable bonds is 5. The summed E-state index contributed by atoms with van der Waals surface area (Å²) in [6.45, 7) is 14.4. The van der Waals surface area contributed by atoms with E-state index in [1.807, 2.05) is 0 Å². The number of carbonyl (C=O) groups is 1. The SMILES string of the molecule is C=CC(=O)CCC(=C)C1(C)CCCC(C)=C1C. The van der Waals surface area contributed by atoms with Crippen LogP contribution in [-0.2, 0) is 4.79 Å². The van der Waals surface area contributed by atoms with E-state index in [2.05, 4.69) is 33.9 Å². The maximum Gasteiger partial charge on any atom is 0.155 e. The van der Waals surface area contributed by atoms with Crippen molar-refractivity contribution in [2.75, 3.05) is 0 Å². The molecular formula is C16H24O. The van der Waals surface area contributed by atoms with E-state index in [1.165, 1.54) is 35.6 Å². The minimum Gasteiger partial charge on any atom is -0.295 e. The van der Waals surface area contributed by atoms with Crippen molar-refractivity contribution in [1.29, 1.82) is 0 Å². The van der Waals surface area contributed by atoms with Gasteiger partial charge in [-0.1, -0.05) is 36.8 Å². The van der Waals surface area contributed by atoms with Gasteiger partial charge in [0.25, 0.3) is 0 Å². The fourth-order valence-corrected chi connectivity index (χ4v) is 2.65. The van der Waals surface area contributed by atoms with Gasteiger partial charge in [0.1, 0.15) is 0 Å². The molecule has 0 aromatic carbocycles. The van der Waals surface area contributed by atoms with E-state index in [4.69, 9.17) is 0 Å². The third-order valence-corrected chi connectivity index (χ3v) is 4.38. The highest BCUT2D eigenvalue weighted by Crippen LogP contribution is 2.46. The van der Waals surface area contributed by atoms with E-state index in [9.17, 15) is 4.79 Å². The second-order valence-electron chi connectivity index (χ2n) is 5.36.